The van der Waals surface area contributed by atoms with E-state index in [-0.39, 0.29) is 24.5 Å². The second-order valence-electron chi connectivity index (χ2n) is 9.86. The molecule has 2 aromatic rings. The van der Waals surface area contributed by atoms with Crippen LogP contribution in [0, 0.1) is 11.3 Å². The zero-order valence-corrected chi connectivity index (χ0v) is 17.2. The number of hydrogen-bond donors (Lipinski definition) is 1. The lowest BCUT2D eigenvalue weighted by molar-refractivity contribution is -0.189. The quantitative estimate of drug-likeness (QED) is 0.784. The number of rotatable bonds is 4. The number of aromatic amines is 1. The molecule has 4 aliphatic carbocycles. The van der Waals surface area contributed by atoms with Crippen molar-refractivity contribution in [3.63, 3.8) is 0 Å². The summed E-state index contributed by atoms with van der Waals surface area (Å²) in [5, 5.41) is 0. The van der Waals surface area contributed by atoms with Crippen LogP contribution in [0.2, 0.25) is 0 Å². The van der Waals surface area contributed by atoms with E-state index in [4.69, 9.17) is 0 Å². The first-order valence-corrected chi connectivity index (χ1v) is 11.1. The molecule has 5 nitrogen and oxygen atoms in total. The van der Waals surface area contributed by atoms with Crippen molar-refractivity contribution in [2.75, 3.05) is 11.4 Å². The van der Waals surface area contributed by atoms with Crippen LogP contribution in [0.15, 0.2) is 30.7 Å². The smallest absolute Gasteiger partial charge is 0.360 e. The number of halogens is 3. The Hall–Kier alpha value is -2.51. The number of nitrogens with zero attached hydrogens (tertiary/aromatic N) is 3. The number of nitrogens with one attached hydrogen (secondary N) is 1. The van der Waals surface area contributed by atoms with E-state index in [2.05, 4.69) is 14.9 Å². The highest BCUT2D eigenvalue weighted by Gasteiger charge is 2.63. The normalized spacial score (nSPS) is 29.6. The fraction of sp³-hybridized carbons (Fsp3) is 0.565. The van der Waals surface area contributed by atoms with E-state index in [0.717, 1.165) is 59.5 Å². The van der Waals surface area contributed by atoms with Crippen molar-refractivity contribution in [2.45, 2.75) is 63.3 Å². The summed E-state index contributed by atoms with van der Waals surface area (Å²) in [7, 11) is 0. The van der Waals surface area contributed by atoms with Crippen molar-refractivity contribution in [1.82, 2.24) is 14.9 Å². The molecular weight excluding hydrogens is 405 g/mol. The second kappa shape index (κ2) is 6.50. The van der Waals surface area contributed by atoms with Crippen molar-refractivity contribution in [2.24, 2.45) is 11.3 Å². The van der Waals surface area contributed by atoms with Crippen LogP contribution in [-0.2, 0) is 17.9 Å². The minimum atomic E-state index is -4.86. The number of anilines is 1. The largest absolute Gasteiger partial charge is 0.471 e. The average molecular weight is 430 g/mol. The first kappa shape index (κ1) is 19.2. The van der Waals surface area contributed by atoms with Crippen LogP contribution >= 0.6 is 0 Å². The number of carbonyl (C=O) groups is 1. The molecule has 5 aliphatic rings. The summed E-state index contributed by atoms with van der Waals surface area (Å²) >= 11 is 0. The van der Waals surface area contributed by atoms with Gasteiger partial charge in [0.2, 0.25) is 0 Å². The molecular formula is C23H25F3N4O. The first-order chi connectivity index (χ1) is 14.8. The Balaban J connectivity index is 1.47. The van der Waals surface area contributed by atoms with Gasteiger partial charge in [-0.15, -0.1) is 0 Å². The minimum Gasteiger partial charge on any atom is -0.360 e. The van der Waals surface area contributed by atoms with Gasteiger partial charge in [-0.1, -0.05) is 12.1 Å². The van der Waals surface area contributed by atoms with Gasteiger partial charge in [0.25, 0.3) is 0 Å². The Labute approximate surface area is 178 Å². The van der Waals surface area contributed by atoms with E-state index >= 15 is 0 Å². The van der Waals surface area contributed by atoms with E-state index in [1.165, 1.54) is 0 Å². The summed E-state index contributed by atoms with van der Waals surface area (Å²) in [4.78, 5) is 23.1. The van der Waals surface area contributed by atoms with E-state index < -0.39 is 12.1 Å². The summed E-state index contributed by atoms with van der Waals surface area (Å²) in [6.07, 6.45) is 3.78. The predicted octanol–water partition coefficient (Wildman–Crippen LogP) is 4.37. The van der Waals surface area contributed by atoms with Gasteiger partial charge in [-0.25, -0.2) is 4.98 Å². The topological polar surface area (TPSA) is 52.2 Å². The second-order valence-corrected chi connectivity index (χ2v) is 9.86. The summed E-state index contributed by atoms with van der Waals surface area (Å²) in [5.41, 5.74) is 3.90. The van der Waals surface area contributed by atoms with Crippen LogP contribution in [0.3, 0.4) is 0 Å². The molecule has 2 heterocycles. The standard InChI is InChI=1S/C23H25F3N4O/c24-23(25,26)21(31)29-11-18-17(15-4-5-15)2-1-3-19(18)30(10-16-9-27-13-28-16)20(12-29)22-6-14(7-22)8-22/h1-3,9,13-15,20H,4-8,10-12H2,(H,27,28)/t14?,20-,22?/m0/s1. The predicted molar refractivity (Wildman–Crippen MR) is 108 cm³/mol. The van der Waals surface area contributed by atoms with Gasteiger partial charge in [-0.05, 0) is 66.5 Å². The molecule has 1 atom stereocenters. The summed E-state index contributed by atoms with van der Waals surface area (Å²) in [6, 6.07) is 5.94. The Morgan fingerprint density at radius 1 is 1.23 bits per heavy atom. The molecule has 1 aromatic carbocycles. The SMILES string of the molecule is O=C(N1Cc2c(C3CC3)cccc2N(Cc2cnc[nH]2)[C@H](C23CC(C2)C3)C1)C(F)(F)F. The number of fused-ring (bicyclic) bond motifs is 1. The molecule has 1 amide bonds. The van der Waals surface area contributed by atoms with Crippen LogP contribution < -0.4 is 4.90 Å². The van der Waals surface area contributed by atoms with Gasteiger partial charge >= 0.3 is 12.1 Å². The number of imidazole rings is 1. The molecule has 4 fully saturated rings. The third-order valence-electron chi connectivity index (χ3n) is 7.85. The lowest BCUT2D eigenvalue weighted by Crippen LogP contribution is -2.66. The van der Waals surface area contributed by atoms with Crippen molar-refractivity contribution >= 4 is 11.6 Å². The lowest BCUT2D eigenvalue weighted by Gasteiger charge is -2.67. The molecule has 7 rings (SSSR count). The first-order valence-electron chi connectivity index (χ1n) is 11.1. The highest BCUT2D eigenvalue weighted by molar-refractivity contribution is 5.82. The summed E-state index contributed by atoms with van der Waals surface area (Å²) in [5.74, 6) is -0.636. The zero-order chi connectivity index (χ0) is 21.4. The molecule has 1 aliphatic heterocycles. The number of aromatic nitrogens is 2. The maximum Gasteiger partial charge on any atom is 0.471 e. The number of amides is 1. The number of H-pyrrole nitrogens is 1. The molecule has 164 valence electrons. The molecule has 31 heavy (non-hydrogen) atoms. The van der Waals surface area contributed by atoms with Crippen LogP contribution in [0.25, 0.3) is 0 Å². The molecule has 2 bridgehead atoms. The molecule has 0 unspecified atom stereocenters. The van der Waals surface area contributed by atoms with Gasteiger partial charge in [0.15, 0.2) is 0 Å². The highest BCUT2D eigenvalue weighted by Crippen LogP contribution is 2.67. The van der Waals surface area contributed by atoms with Gasteiger partial charge in [-0.2, -0.15) is 13.2 Å². The number of carbonyl (C=O) groups excluding carboxylic acids is 1. The maximum atomic E-state index is 13.5. The molecule has 8 heteroatoms. The number of benzene rings is 1. The van der Waals surface area contributed by atoms with Crippen LogP contribution in [0.5, 0.6) is 0 Å². The minimum absolute atomic E-state index is 0.00596. The van der Waals surface area contributed by atoms with E-state index in [1.54, 1.807) is 12.5 Å². The fourth-order valence-corrected chi connectivity index (χ4v) is 6.10. The number of alkyl halides is 3. The summed E-state index contributed by atoms with van der Waals surface area (Å²) < 4.78 is 40.6. The molecule has 1 N–H and O–H groups in total. The Morgan fingerprint density at radius 3 is 2.58 bits per heavy atom. The van der Waals surface area contributed by atoms with Crippen molar-refractivity contribution in [1.29, 1.82) is 0 Å². The molecule has 0 saturated heterocycles. The van der Waals surface area contributed by atoms with Crippen molar-refractivity contribution in [3.05, 3.63) is 47.5 Å². The Morgan fingerprint density at radius 2 is 2.00 bits per heavy atom. The zero-order valence-electron chi connectivity index (χ0n) is 17.2. The van der Waals surface area contributed by atoms with E-state index in [9.17, 15) is 18.0 Å². The lowest BCUT2D eigenvalue weighted by atomic mass is 9.41. The average Bonchev–Trinajstić information content (AvgIpc) is 3.39. The van der Waals surface area contributed by atoms with Crippen molar-refractivity contribution < 1.29 is 18.0 Å². The Kier molecular flexibility index (Phi) is 4.02. The third-order valence-corrected chi connectivity index (χ3v) is 7.85. The Bertz CT molecular complexity index is 997. The third kappa shape index (κ3) is 3.05. The molecule has 1 aromatic heterocycles. The van der Waals surface area contributed by atoms with Crippen LogP contribution in [-0.4, -0.2) is 39.5 Å². The van der Waals surface area contributed by atoms with Gasteiger partial charge < -0.3 is 14.8 Å². The van der Waals surface area contributed by atoms with E-state index in [1.807, 2.05) is 18.2 Å². The van der Waals surface area contributed by atoms with Gasteiger partial charge in [0.1, 0.15) is 0 Å². The monoisotopic (exact) mass is 430 g/mol. The van der Waals surface area contributed by atoms with Gasteiger partial charge in [0.05, 0.1) is 24.6 Å². The van der Waals surface area contributed by atoms with Crippen LogP contribution in [0.4, 0.5) is 18.9 Å². The van der Waals surface area contributed by atoms with E-state index in [0.29, 0.717) is 18.4 Å². The summed E-state index contributed by atoms with van der Waals surface area (Å²) in [6.45, 7) is 0.681. The number of hydrogen-bond acceptors (Lipinski definition) is 3. The highest BCUT2D eigenvalue weighted by atomic mass is 19.4. The van der Waals surface area contributed by atoms with Crippen LogP contribution in [0.1, 0.15) is 54.8 Å². The molecule has 0 radical (unpaired) electrons. The van der Waals surface area contributed by atoms with Gasteiger partial charge in [-0.3, -0.25) is 4.79 Å². The maximum absolute atomic E-state index is 13.5. The van der Waals surface area contributed by atoms with Gasteiger partial charge in [0, 0.05) is 25.0 Å². The molecule has 0 spiro atoms. The van der Waals surface area contributed by atoms with Crippen molar-refractivity contribution in [3.8, 4) is 0 Å². The fourth-order valence-electron chi connectivity index (χ4n) is 6.10. The molecule has 4 saturated carbocycles.